The zero-order valence-corrected chi connectivity index (χ0v) is 12.0. The molecule has 2 atom stereocenters. The molecule has 104 valence electrons. The van der Waals surface area contributed by atoms with Crippen molar-refractivity contribution in [1.82, 2.24) is 4.72 Å². The molecule has 0 saturated heterocycles. The van der Waals surface area contributed by atoms with Gasteiger partial charge in [-0.15, -0.1) is 0 Å². The highest BCUT2D eigenvalue weighted by atomic mass is 32.2. The van der Waals surface area contributed by atoms with Gasteiger partial charge in [-0.05, 0) is 31.0 Å². The molecule has 0 fully saturated rings. The summed E-state index contributed by atoms with van der Waals surface area (Å²) in [5.41, 5.74) is -0.279. The van der Waals surface area contributed by atoms with E-state index in [2.05, 4.69) is 4.72 Å². The first-order valence-corrected chi connectivity index (χ1v) is 7.52. The highest BCUT2D eigenvalue weighted by Gasteiger charge is 2.21. The number of hydrogen-bond acceptors (Lipinski definition) is 3. The van der Waals surface area contributed by atoms with E-state index < -0.39 is 15.8 Å². The smallest absolute Gasteiger partial charge is 0.208 e. The average molecular weight is 284 g/mol. The van der Waals surface area contributed by atoms with Crippen LogP contribution in [0.2, 0.25) is 0 Å². The van der Waals surface area contributed by atoms with E-state index in [1.54, 1.807) is 13.0 Å². The summed E-state index contributed by atoms with van der Waals surface area (Å²) in [4.78, 5) is -0.0967. The van der Waals surface area contributed by atoms with Gasteiger partial charge in [0.1, 0.15) is 11.9 Å². The van der Waals surface area contributed by atoms with Crippen molar-refractivity contribution < 1.29 is 12.8 Å². The van der Waals surface area contributed by atoms with Crippen molar-refractivity contribution in [2.75, 3.05) is 0 Å². The first-order chi connectivity index (χ1) is 8.81. The molecule has 0 saturated carbocycles. The van der Waals surface area contributed by atoms with Crippen molar-refractivity contribution in [2.45, 2.75) is 38.1 Å². The molecule has 0 amide bonds. The van der Waals surface area contributed by atoms with Crippen LogP contribution in [0.4, 0.5) is 4.39 Å². The fraction of sp³-hybridized carbons (Fsp3) is 0.462. The third-order valence-electron chi connectivity index (χ3n) is 3.21. The minimum atomic E-state index is -3.73. The summed E-state index contributed by atoms with van der Waals surface area (Å²) in [6, 6.07) is 4.58. The fourth-order valence-electron chi connectivity index (χ4n) is 1.54. The minimum Gasteiger partial charge on any atom is -0.208 e. The Labute approximate surface area is 113 Å². The predicted molar refractivity (Wildman–Crippen MR) is 70.4 cm³/mol. The van der Waals surface area contributed by atoms with E-state index in [0.717, 1.165) is 24.6 Å². The summed E-state index contributed by atoms with van der Waals surface area (Å²) >= 11 is 0. The average Bonchev–Trinajstić information content (AvgIpc) is 2.37. The number of benzene rings is 1. The van der Waals surface area contributed by atoms with Crippen LogP contribution in [0.15, 0.2) is 23.1 Å². The molecule has 1 aromatic rings. The molecule has 2 unspecified atom stereocenters. The van der Waals surface area contributed by atoms with Crippen molar-refractivity contribution in [3.8, 4) is 6.07 Å². The van der Waals surface area contributed by atoms with Gasteiger partial charge in [-0.2, -0.15) is 5.26 Å². The lowest BCUT2D eigenvalue weighted by Crippen LogP contribution is -2.36. The van der Waals surface area contributed by atoms with Crippen molar-refractivity contribution in [1.29, 1.82) is 5.26 Å². The Morgan fingerprint density at radius 3 is 2.58 bits per heavy atom. The highest BCUT2D eigenvalue weighted by molar-refractivity contribution is 7.89. The van der Waals surface area contributed by atoms with Crippen LogP contribution < -0.4 is 4.72 Å². The molecule has 0 spiro atoms. The van der Waals surface area contributed by atoms with Crippen LogP contribution in [0.1, 0.15) is 32.8 Å². The largest absolute Gasteiger partial charge is 0.240 e. The molecule has 0 aliphatic carbocycles. The number of halogens is 1. The Hall–Kier alpha value is -1.45. The second kappa shape index (κ2) is 6.13. The van der Waals surface area contributed by atoms with E-state index in [9.17, 15) is 12.8 Å². The quantitative estimate of drug-likeness (QED) is 0.902. The van der Waals surface area contributed by atoms with Crippen LogP contribution >= 0.6 is 0 Å². The van der Waals surface area contributed by atoms with Gasteiger partial charge in [-0.3, -0.25) is 0 Å². The maximum absolute atomic E-state index is 13.2. The molecule has 19 heavy (non-hydrogen) atoms. The zero-order chi connectivity index (χ0) is 14.6. The molecule has 0 aliphatic rings. The van der Waals surface area contributed by atoms with E-state index in [-0.39, 0.29) is 22.4 Å². The zero-order valence-electron chi connectivity index (χ0n) is 11.1. The van der Waals surface area contributed by atoms with Gasteiger partial charge in [0.2, 0.25) is 10.0 Å². The van der Waals surface area contributed by atoms with E-state index in [4.69, 9.17) is 5.26 Å². The van der Waals surface area contributed by atoms with Crippen LogP contribution in [0, 0.1) is 23.1 Å². The van der Waals surface area contributed by atoms with Crippen LogP contribution in [-0.2, 0) is 10.0 Å². The van der Waals surface area contributed by atoms with Crippen LogP contribution in [0.5, 0.6) is 0 Å². The molecule has 1 N–H and O–H groups in total. The van der Waals surface area contributed by atoms with Crippen molar-refractivity contribution >= 4 is 10.0 Å². The van der Waals surface area contributed by atoms with Gasteiger partial charge in [-0.1, -0.05) is 20.3 Å². The number of sulfonamides is 1. The minimum absolute atomic E-state index is 0.0967. The number of hydrogen-bond donors (Lipinski definition) is 1. The second-order valence-electron chi connectivity index (χ2n) is 4.55. The molecule has 1 aromatic carbocycles. The summed E-state index contributed by atoms with van der Waals surface area (Å²) in [5.74, 6) is -0.540. The maximum Gasteiger partial charge on any atom is 0.240 e. The molecule has 0 radical (unpaired) electrons. The lowest BCUT2D eigenvalue weighted by molar-refractivity contribution is 0.434. The third kappa shape index (κ3) is 3.75. The molecule has 0 bridgehead atoms. The van der Waals surface area contributed by atoms with E-state index >= 15 is 0 Å². The topological polar surface area (TPSA) is 70.0 Å². The first kappa shape index (κ1) is 15.6. The van der Waals surface area contributed by atoms with Gasteiger partial charge in [0.15, 0.2) is 0 Å². The van der Waals surface area contributed by atoms with Crippen molar-refractivity contribution in [3.63, 3.8) is 0 Å². The summed E-state index contributed by atoms with van der Waals surface area (Å²) in [7, 11) is -3.73. The van der Waals surface area contributed by atoms with Gasteiger partial charge in [0.25, 0.3) is 0 Å². The lowest BCUT2D eigenvalue weighted by Gasteiger charge is -2.19. The normalized spacial score (nSPS) is 14.7. The van der Waals surface area contributed by atoms with Crippen LogP contribution in [0.25, 0.3) is 0 Å². The van der Waals surface area contributed by atoms with Crippen LogP contribution in [0.3, 0.4) is 0 Å². The summed E-state index contributed by atoms with van der Waals surface area (Å²) in [5, 5.41) is 8.71. The number of rotatable bonds is 5. The molecule has 0 aliphatic heterocycles. The Kier molecular flexibility index (Phi) is 5.04. The molecular weight excluding hydrogens is 267 g/mol. The molecule has 1 rings (SSSR count). The summed E-state index contributed by atoms with van der Waals surface area (Å²) < 4.78 is 39.9. The summed E-state index contributed by atoms with van der Waals surface area (Å²) in [6.45, 7) is 5.69. The maximum atomic E-state index is 13.2. The Morgan fingerprint density at radius 2 is 2.05 bits per heavy atom. The number of nitriles is 1. The SMILES string of the molecule is CCC(C)C(C)NS(=O)(=O)c1ccc(F)c(C#N)c1. The molecule has 6 heteroatoms. The molecular formula is C13H17FN2O2S. The molecule has 4 nitrogen and oxygen atoms in total. The fourth-order valence-corrected chi connectivity index (χ4v) is 2.92. The van der Waals surface area contributed by atoms with Crippen LogP contribution in [-0.4, -0.2) is 14.5 Å². The second-order valence-corrected chi connectivity index (χ2v) is 6.26. The Bertz CT molecular complexity index is 593. The van der Waals surface area contributed by atoms with Gasteiger partial charge in [0, 0.05) is 6.04 Å². The van der Waals surface area contributed by atoms with Gasteiger partial charge >= 0.3 is 0 Å². The number of nitrogens with zero attached hydrogens (tertiary/aromatic N) is 1. The lowest BCUT2D eigenvalue weighted by atomic mass is 10.0. The van der Waals surface area contributed by atoms with Crippen molar-refractivity contribution in [3.05, 3.63) is 29.6 Å². The van der Waals surface area contributed by atoms with E-state index in [1.165, 1.54) is 0 Å². The third-order valence-corrected chi connectivity index (χ3v) is 4.76. The highest BCUT2D eigenvalue weighted by Crippen LogP contribution is 2.16. The van der Waals surface area contributed by atoms with Gasteiger partial charge in [0.05, 0.1) is 10.5 Å². The van der Waals surface area contributed by atoms with Gasteiger partial charge in [-0.25, -0.2) is 17.5 Å². The summed E-state index contributed by atoms with van der Waals surface area (Å²) in [6.07, 6.45) is 0.844. The van der Waals surface area contributed by atoms with E-state index in [1.807, 2.05) is 13.8 Å². The first-order valence-electron chi connectivity index (χ1n) is 6.03. The standard InChI is InChI=1S/C13H17FN2O2S/c1-4-9(2)10(3)16-19(17,18)12-5-6-13(14)11(7-12)8-15/h5-7,9-10,16H,4H2,1-3H3. The number of nitrogens with one attached hydrogen (secondary N) is 1. The molecule has 0 aromatic heterocycles. The Morgan fingerprint density at radius 1 is 1.42 bits per heavy atom. The monoisotopic (exact) mass is 284 g/mol. The molecule has 0 heterocycles. The van der Waals surface area contributed by atoms with E-state index in [0.29, 0.717) is 0 Å². The Balaban J connectivity index is 3.05. The van der Waals surface area contributed by atoms with Gasteiger partial charge < -0.3 is 0 Å². The predicted octanol–water partition coefficient (Wildman–Crippen LogP) is 2.41. The van der Waals surface area contributed by atoms with Crippen molar-refractivity contribution in [2.24, 2.45) is 5.92 Å².